The Morgan fingerprint density at radius 1 is 1.27 bits per heavy atom. The summed E-state index contributed by atoms with van der Waals surface area (Å²) in [5, 5.41) is 11.9. The van der Waals surface area contributed by atoms with Crippen molar-refractivity contribution in [1.29, 1.82) is 0 Å². The molecule has 0 aromatic heterocycles. The molecule has 118 valence electrons. The first-order chi connectivity index (χ1) is 10.3. The molecule has 2 amide bonds. The second-order valence-corrected chi connectivity index (χ2v) is 5.95. The molecule has 6 heteroatoms. The van der Waals surface area contributed by atoms with Crippen LogP contribution < -0.4 is 5.32 Å². The Morgan fingerprint density at radius 2 is 1.91 bits per heavy atom. The first-order valence-electron chi connectivity index (χ1n) is 7.18. The zero-order chi connectivity index (χ0) is 16.3. The molecule has 6 nitrogen and oxygen atoms in total. The van der Waals surface area contributed by atoms with Gasteiger partial charge < -0.3 is 15.3 Å². The molecule has 22 heavy (non-hydrogen) atoms. The van der Waals surface area contributed by atoms with Crippen molar-refractivity contribution < 1.29 is 19.5 Å². The van der Waals surface area contributed by atoms with Crippen LogP contribution in [0.4, 0.5) is 0 Å². The second-order valence-electron chi connectivity index (χ2n) is 5.95. The van der Waals surface area contributed by atoms with E-state index in [1.54, 1.807) is 36.1 Å². The van der Waals surface area contributed by atoms with Gasteiger partial charge in [-0.15, -0.1) is 0 Å². The highest BCUT2D eigenvalue weighted by Crippen LogP contribution is 2.31. The van der Waals surface area contributed by atoms with Crippen LogP contribution >= 0.6 is 0 Å². The summed E-state index contributed by atoms with van der Waals surface area (Å²) in [6, 6.07) is 6.98. The number of nitrogens with one attached hydrogen (secondary N) is 1. The number of carboxylic acids is 1. The number of amides is 2. The minimum atomic E-state index is -0.867. The van der Waals surface area contributed by atoms with E-state index in [2.05, 4.69) is 5.32 Å². The Balaban J connectivity index is 2.02. The van der Waals surface area contributed by atoms with Crippen LogP contribution in [-0.4, -0.2) is 40.9 Å². The highest BCUT2D eigenvalue weighted by atomic mass is 16.4. The SMILES string of the molecule is CC(=O)NCc1ccc(C(=O)N2CC[C@](C)(C(=O)O)C2)cc1. The van der Waals surface area contributed by atoms with Crippen LogP contribution in [0.5, 0.6) is 0 Å². The molecular formula is C16H20N2O4. The van der Waals surface area contributed by atoms with Gasteiger partial charge in [-0.25, -0.2) is 0 Å². The zero-order valence-corrected chi connectivity index (χ0v) is 12.8. The molecule has 2 rings (SSSR count). The molecule has 1 fully saturated rings. The van der Waals surface area contributed by atoms with E-state index in [1.807, 2.05) is 0 Å². The Hall–Kier alpha value is -2.37. The number of carbonyl (C=O) groups is 3. The predicted molar refractivity (Wildman–Crippen MR) is 80.2 cm³/mol. The van der Waals surface area contributed by atoms with E-state index in [-0.39, 0.29) is 18.4 Å². The molecular weight excluding hydrogens is 284 g/mol. The van der Waals surface area contributed by atoms with Gasteiger partial charge in [-0.2, -0.15) is 0 Å². The van der Waals surface area contributed by atoms with Crippen molar-refractivity contribution in [2.24, 2.45) is 5.41 Å². The quantitative estimate of drug-likeness (QED) is 0.876. The van der Waals surface area contributed by atoms with Crippen molar-refractivity contribution >= 4 is 17.8 Å². The number of hydrogen-bond donors (Lipinski definition) is 2. The molecule has 1 aliphatic rings. The van der Waals surface area contributed by atoms with Gasteiger partial charge in [0.25, 0.3) is 5.91 Å². The average molecular weight is 304 g/mol. The number of benzene rings is 1. The summed E-state index contributed by atoms with van der Waals surface area (Å²) < 4.78 is 0. The molecule has 0 radical (unpaired) electrons. The Bertz CT molecular complexity index is 597. The summed E-state index contributed by atoms with van der Waals surface area (Å²) in [5.41, 5.74) is 0.575. The van der Waals surface area contributed by atoms with Gasteiger partial charge >= 0.3 is 5.97 Å². The highest BCUT2D eigenvalue weighted by Gasteiger charge is 2.42. The van der Waals surface area contributed by atoms with Crippen molar-refractivity contribution in [3.8, 4) is 0 Å². The van der Waals surface area contributed by atoms with Gasteiger partial charge in [0.15, 0.2) is 0 Å². The molecule has 2 N–H and O–H groups in total. The fourth-order valence-corrected chi connectivity index (χ4v) is 2.48. The summed E-state index contributed by atoms with van der Waals surface area (Å²) in [4.78, 5) is 36.1. The van der Waals surface area contributed by atoms with Gasteiger partial charge in [-0.05, 0) is 31.0 Å². The molecule has 1 atom stereocenters. The van der Waals surface area contributed by atoms with Crippen LogP contribution in [0.1, 0.15) is 36.2 Å². The minimum Gasteiger partial charge on any atom is -0.481 e. The van der Waals surface area contributed by atoms with Crippen molar-refractivity contribution in [3.05, 3.63) is 35.4 Å². The molecule has 0 aliphatic carbocycles. The minimum absolute atomic E-state index is 0.106. The third-order valence-electron chi connectivity index (χ3n) is 4.02. The Kier molecular flexibility index (Phi) is 4.49. The lowest BCUT2D eigenvalue weighted by Gasteiger charge is -2.20. The van der Waals surface area contributed by atoms with Gasteiger partial charge in [0.05, 0.1) is 5.41 Å². The number of aliphatic carboxylic acids is 1. The number of likely N-dealkylation sites (tertiary alicyclic amines) is 1. The summed E-state index contributed by atoms with van der Waals surface area (Å²) in [6.07, 6.45) is 0.467. The largest absolute Gasteiger partial charge is 0.481 e. The molecule has 0 saturated carbocycles. The lowest BCUT2D eigenvalue weighted by atomic mass is 9.90. The first-order valence-corrected chi connectivity index (χ1v) is 7.18. The van der Waals surface area contributed by atoms with Crippen LogP contribution in [-0.2, 0) is 16.1 Å². The van der Waals surface area contributed by atoms with Crippen LogP contribution in [0.25, 0.3) is 0 Å². The fraction of sp³-hybridized carbons (Fsp3) is 0.438. The first kappa shape index (κ1) is 16.0. The van der Waals surface area contributed by atoms with Crippen molar-refractivity contribution in [1.82, 2.24) is 10.2 Å². The van der Waals surface area contributed by atoms with Crippen molar-refractivity contribution in [3.63, 3.8) is 0 Å². The van der Waals surface area contributed by atoms with Gasteiger partial charge in [0.2, 0.25) is 5.91 Å². The number of carboxylic acid groups (broad SMARTS) is 1. The number of rotatable bonds is 4. The lowest BCUT2D eigenvalue weighted by Crippen LogP contribution is -2.34. The van der Waals surface area contributed by atoms with E-state index in [0.29, 0.717) is 25.1 Å². The molecule has 1 aromatic rings. The smallest absolute Gasteiger partial charge is 0.311 e. The van der Waals surface area contributed by atoms with Gasteiger partial charge in [0, 0.05) is 32.1 Å². The molecule has 0 spiro atoms. The van der Waals surface area contributed by atoms with Crippen LogP contribution in [0.2, 0.25) is 0 Å². The standard InChI is InChI=1S/C16H20N2O4/c1-11(19)17-9-12-3-5-13(6-4-12)14(20)18-8-7-16(2,10-18)15(21)22/h3-6H,7-10H2,1-2H3,(H,17,19)(H,21,22)/t16-/m0/s1. The molecule has 0 bridgehead atoms. The topological polar surface area (TPSA) is 86.7 Å². The Labute approximate surface area is 129 Å². The predicted octanol–water partition coefficient (Wildman–Crippen LogP) is 1.26. The summed E-state index contributed by atoms with van der Waals surface area (Å²) in [7, 11) is 0. The fourth-order valence-electron chi connectivity index (χ4n) is 2.48. The van der Waals surface area contributed by atoms with Crippen molar-refractivity contribution in [2.45, 2.75) is 26.8 Å². The number of hydrogen-bond acceptors (Lipinski definition) is 3. The second kappa shape index (κ2) is 6.17. The maximum absolute atomic E-state index is 12.4. The van der Waals surface area contributed by atoms with E-state index in [0.717, 1.165) is 5.56 Å². The molecule has 1 aliphatic heterocycles. The van der Waals surface area contributed by atoms with Crippen LogP contribution in [0.3, 0.4) is 0 Å². The van der Waals surface area contributed by atoms with Crippen molar-refractivity contribution in [2.75, 3.05) is 13.1 Å². The van der Waals surface area contributed by atoms with Gasteiger partial charge in [-0.1, -0.05) is 12.1 Å². The monoisotopic (exact) mass is 304 g/mol. The third-order valence-corrected chi connectivity index (χ3v) is 4.02. The number of carbonyl (C=O) groups excluding carboxylic acids is 2. The lowest BCUT2D eigenvalue weighted by molar-refractivity contribution is -0.147. The zero-order valence-electron chi connectivity index (χ0n) is 12.8. The third kappa shape index (κ3) is 3.44. The van der Waals surface area contributed by atoms with E-state index in [4.69, 9.17) is 0 Å². The van der Waals surface area contributed by atoms with Gasteiger partial charge in [0.1, 0.15) is 0 Å². The van der Waals surface area contributed by atoms with E-state index >= 15 is 0 Å². The summed E-state index contributed by atoms with van der Waals surface area (Å²) >= 11 is 0. The molecule has 1 aromatic carbocycles. The Morgan fingerprint density at radius 3 is 2.41 bits per heavy atom. The van der Waals surface area contributed by atoms with E-state index < -0.39 is 11.4 Å². The number of nitrogens with zero attached hydrogens (tertiary/aromatic N) is 1. The summed E-state index contributed by atoms with van der Waals surface area (Å²) in [6.45, 7) is 4.22. The van der Waals surface area contributed by atoms with E-state index in [1.165, 1.54) is 6.92 Å². The molecule has 1 saturated heterocycles. The highest BCUT2D eigenvalue weighted by molar-refractivity contribution is 5.95. The summed E-state index contributed by atoms with van der Waals surface area (Å²) in [5.74, 6) is -1.13. The van der Waals surface area contributed by atoms with Gasteiger partial charge in [-0.3, -0.25) is 14.4 Å². The molecule has 1 heterocycles. The van der Waals surface area contributed by atoms with E-state index in [9.17, 15) is 19.5 Å². The van der Waals surface area contributed by atoms with Crippen LogP contribution in [0, 0.1) is 5.41 Å². The maximum atomic E-state index is 12.4. The van der Waals surface area contributed by atoms with Crippen LogP contribution in [0.15, 0.2) is 24.3 Å². The molecule has 0 unspecified atom stereocenters. The maximum Gasteiger partial charge on any atom is 0.311 e. The average Bonchev–Trinajstić information content (AvgIpc) is 2.89. The normalized spacial score (nSPS) is 20.7.